The van der Waals surface area contributed by atoms with Crippen LogP contribution in [0, 0.1) is 6.07 Å². The second kappa shape index (κ2) is 19.4. The van der Waals surface area contributed by atoms with Crippen LogP contribution in [0.2, 0.25) is 5.02 Å². The molecular weight excluding hydrogens is 810 g/mol. The fourth-order valence-corrected chi connectivity index (χ4v) is 7.76. The molecule has 0 amide bonds. The topological polar surface area (TPSA) is 0 Å². The van der Waals surface area contributed by atoms with Crippen molar-refractivity contribution < 1.29 is 49.0 Å². The van der Waals surface area contributed by atoms with Gasteiger partial charge >= 0.3 is 110 Å². The van der Waals surface area contributed by atoms with Crippen LogP contribution in [0.25, 0.3) is 33.4 Å². The van der Waals surface area contributed by atoms with Crippen LogP contribution in [0.5, 0.6) is 0 Å². The quantitative estimate of drug-likeness (QED) is 0.158. The third kappa shape index (κ3) is 11.0. The average Bonchev–Trinajstić information content (AvgIpc) is 3.86. The van der Waals surface area contributed by atoms with Crippen LogP contribution in [-0.4, -0.2) is 3.21 Å². The third-order valence-corrected chi connectivity index (χ3v) is 11.2. The van der Waals surface area contributed by atoms with Gasteiger partial charge in [0.1, 0.15) is 0 Å². The standard InChI is InChI=1S/C33H33.C13H9Cl.C5H5.2ClH.Zr/c1-32(2,3)30-20-26-24(18-28(30)22-13-9-7-10-14-22)17-25-19-29(23-15-11-8-12-16-23)31(21-27(25)26)33(4,5)6;14-13-8-6-12(7-9-13)10-11-4-2-1-3-5-11;1-2-4-5-3-1;;;/h7-16,18,20-21H,17H2,1-6H3;1-9H;1-5H;2*1H;/q-1;;-1;;;+2/p-2. The Balaban J connectivity index is 0.000000253. The molecule has 0 nitrogen and oxygen atoms in total. The number of halogens is 3. The summed E-state index contributed by atoms with van der Waals surface area (Å²) in [6.07, 6.45) is 0.944. The maximum atomic E-state index is 5.86. The van der Waals surface area contributed by atoms with Crippen molar-refractivity contribution in [1.29, 1.82) is 0 Å². The van der Waals surface area contributed by atoms with Gasteiger partial charge in [-0.05, 0) is 39.5 Å². The van der Waals surface area contributed by atoms with Gasteiger partial charge in [0.25, 0.3) is 0 Å². The van der Waals surface area contributed by atoms with Crippen molar-refractivity contribution >= 4 is 14.8 Å². The Morgan fingerprint density at radius 3 is 1.56 bits per heavy atom. The molecule has 0 bridgehead atoms. The molecule has 278 valence electrons. The molecule has 4 heteroatoms. The minimum Gasteiger partial charge on any atom is -1.00 e. The van der Waals surface area contributed by atoms with Crippen molar-refractivity contribution in [2.24, 2.45) is 0 Å². The number of hydrogen-bond donors (Lipinski definition) is 0. The normalized spacial score (nSPS) is 11.3. The van der Waals surface area contributed by atoms with Crippen LogP contribution in [0.3, 0.4) is 0 Å². The molecule has 1 aliphatic carbocycles. The number of hydrogen-bond acceptors (Lipinski definition) is 0. The van der Waals surface area contributed by atoms with Crippen LogP contribution in [0.15, 0.2) is 164 Å². The van der Waals surface area contributed by atoms with Crippen LogP contribution in [0.1, 0.15) is 74.9 Å². The Hall–Kier alpha value is -3.71. The fraction of sp³-hybridized carbons (Fsp3) is 0.176. The molecule has 0 saturated heterocycles. The second-order valence-corrected chi connectivity index (χ2v) is 17.3. The molecule has 1 aliphatic rings. The Bertz CT molecular complexity index is 2140. The summed E-state index contributed by atoms with van der Waals surface area (Å²) in [6, 6.07) is 61.3. The summed E-state index contributed by atoms with van der Waals surface area (Å²) in [4.78, 5) is 0. The number of rotatable bonds is 4. The first-order valence-electron chi connectivity index (χ1n) is 18.3. The van der Waals surface area contributed by atoms with E-state index in [4.69, 9.17) is 11.6 Å². The zero-order valence-electron chi connectivity index (χ0n) is 32.4. The molecular formula is C51H47Cl3Zr-2. The first kappa shape index (κ1) is 44.0. The van der Waals surface area contributed by atoms with Gasteiger partial charge in [0.15, 0.2) is 0 Å². The van der Waals surface area contributed by atoms with Crippen molar-refractivity contribution in [2.45, 2.75) is 58.8 Å². The number of fused-ring (bicyclic) bond motifs is 3. The zero-order valence-corrected chi connectivity index (χ0v) is 37.2. The van der Waals surface area contributed by atoms with Crippen LogP contribution in [0.4, 0.5) is 0 Å². The summed E-state index contributed by atoms with van der Waals surface area (Å²) < 4.78 is 1.36. The van der Waals surface area contributed by atoms with Gasteiger partial charge in [0.05, 0.1) is 0 Å². The van der Waals surface area contributed by atoms with Gasteiger partial charge in [-0.25, -0.2) is 12.1 Å². The average molecular weight is 858 g/mol. The predicted molar refractivity (Wildman–Crippen MR) is 225 cm³/mol. The molecule has 0 aromatic heterocycles. The van der Waals surface area contributed by atoms with E-state index < -0.39 is 0 Å². The summed E-state index contributed by atoms with van der Waals surface area (Å²) in [5.41, 5.74) is 16.0. The SMILES string of the molecule is CC(C)(C)c1cc2c([c-]c1-c1ccccc1)Cc1cc(-c3ccccc3)c(C(C)(C)C)cc1-2.Clc1ccc([C](=[Zr+2])c2ccccc2)cc1.[Cl-].[Cl-].c1cc[cH-]c1. The predicted octanol–water partition coefficient (Wildman–Crippen LogP) is 7.86. The van der Waals surface area contributed by atoms with E-state index >= 15 is 0 Å². The fourth-order valence-electron chi connectivity index (χ4n) is 6.81. The summed E-state index contributed by atoms with van der Waals surface area (Å²) in [5, 5.41) is 0.787. The Morgan fingerprint density at radius 1 is 0.564 bits per heavy atom. The molecule has 0 fully saturated rings. The maximum Gasteiger partial charge on any atom is -0.172 e. The Kier molecular flexibility index (Phi) is 15.6. The molecule has 0 radical (unpaired) electrons. The van der Waals surface area contributed by atoms with E-state index in [9.17, 15) is 0 Å². The Labute approximate surface area is 361 Å². The Morgan fingerprint density at radius 2 is 1.05 bits per heavy atom. The van der Waals surface area contributed by atoms with Crippen LogP contribution in [-0.2, 0) is 41.5 Å². The molecule has 0 aliphatic heterocycles. The van der Waals surface area contributed by atoms with Crippen molar-refractivity contribution in [2.75, 3.05) is 0 Å². The van der Waals surface area contributed by atoms with Gasteiger partial charge in [0.2, 0.25) is 0 Å². The van der Waals surface area contributed by atoms with Gasteiger partial charge in [-0.3, -0.25) is 0 Å². The minimum absolute atomic E-state index is 0. The molecule has 0 heterocycles. The minimum atomic E-state index is 0. The first-order chi connectivity index (χ1) is 25.4. The van der Waals surface area contributed by atoms with Crippen molar-refractivity contribution in [1.82, 2.24) is 0 Å². The molecule has 8 rings (SSSR count). The van der Waals surface area contributed by atoms with E-state index in [1.165, 1.54) is 94.2 Å². The van der Waals surface area contributed by atoms with E-state index in [2.05, 4.69) is 163 Å². The molecule has 7 aromatic rings. The largest absolute Gasteiger partial charge is 1.00 e. The smallest absolute Gasteiger partial charge is 0.172 e. The van der Waals surface area contributed by atoms with Crippen molar-refractivity contribution in [3.05, 3.63) is 208 Å². The number of benzene rings is 6. The molecule has 0 spiro atoms. The summed E-state index contributed by atoms with van der Waals surface area (Å²) in [5.74, 6) is 0. The van der Waals surface area contributed by atoms with Crippen molar-refractivity contribution in [3.8, 4) is 33.4 Å². The van der Waals surface area contributed by atoms with Gasteiger partial charge in [-0.15, -0.1) is 28.8 Å². The van der Waals surface area contributed by atoms with E-state index in [-0.39, 0.29) is 35.6 Å². The molecule has 55 heavy (non-hydrogen) atoms. The third-order valence-electron chi connectivity index (χ3n) is 9.57. The summed E-state index contributed by atoms with van der Waals surface area (Å²) in [6.45, 7) is 13.9. The monoisotopic (exact) mass is 854 g/mol. The first-order valence-corrected chi connectivity index (χ1v) is 20.0. The zero-order chi connectivity index (χ0) is 37.6. The summed E-state index contributed by atoms with van der Waals surface area (Å²) in [7, 11) is 0. The molecule has 0 atom stereocenters. The van der Waals surface area contributed by atoms with Gasteiger partial charge < -0.3 is 24.8 Å². The molecule has 0 N–H and O–H groups in total. The molecule has 0 saturated carbocycles. The van der Waals surface area contributed by atoms with Gasteiger partial charge in [-0.1, -0.05) is 131 Å². The van der Waals surface area contributed by atoms with Crippen LogP contribution < -0.4 is 24.8 Å². The van der Waals surface area contributed by atoms with E-state index in [0.717, 1.165) is 11.4 Å². The van der Waals surface area contributed by atoms with E-state index in [0.29, 0.717) is 0 Å². The van der Waals surface area contributed by atoms with Crippen molar-refractivity contribution in [3.63, 3.8) is 0 Å². The van der Waals surface area contributed by atoms with Gasteiger partial charge in [-0.2, -0.15) is 18.2 Å². The summed E-state index contributed by atoms with van der Waals surface area (Å²) >= 11 is 7.28. The molecule has 7 aromatic carbocycles. The van der Waals surface area contributed by atoms with Gasteiger partial charge in [0, 0.05) is 0 Å². The van der Waals surface area contributed by atoms with E-state index in [1.807, 2.05) is 48.5 Å². The van der Waals surface area contributed by atoms with Crippen LogP contribution >= 0.6 is 11.6 Å². The van der Waals surface area contributed by atoms with E-state index in [1.54, 1.807) is 0 Å². The molecule has 0 unspecified atom stereocenters. The maximum absolute atomic E-state index is 5.86. The second-order valence-electron chi connectivity index (χ2n) is 15.6.